The summed E-state index contributed by atoms with van der Waals surface area (Å²) in [5.41, 5.74) is 0.479. The van der Waals surface area contributed by atoms with E-state index in [-0.39, 0.29) is 11.5 Å². The molecule has 3 heterocycles. The zero-order valence-electron chi connectivity index (χ0n) is 13.9. The second-order valence-corrected chi connectivity index (χ2v) is 7.24. The Labute approximate surface area is 157 Å². The molecule has 3 aromatic rings. The van der Waals surface area contributed by atoms with Crippen LogP contribution in [0.5, 0.6) is 0 Å². The minimum atomic E-state index is -1.09. The van der Waals surface area contributed by atoms with Crippen LogP contribution in [0.15, 0.2) is 65.1 Å². The predicted molar refractivity (Wildman–Crippen MR) is 101 cm³/mol. The fourth-order valence-electron chi connectivity index (χ4n) is 3.54. The van der Waals surface area contributed by atoms with Gasteiger partial charge in [-0.1, -0.05) is 47.6 Å². The highest BCUT2D eigenvalue weighted by Gasteiger charge is 2.57. The molecule has 2 aliphatic heterocycles. The number of hydrogen-bond donors (Lipinski definition) is 0. The summed E-state index contributed by atoms with van der Waals surface area (Å²) in [6.45, 7) is 0. The predicted octanol–water partition coefficient (Wildman–Crippen LogP) is 3.03. The molecule has 132 valence electrons. The number of amides is 2. The first-order chi connectivity index (χ1) is 13.2. The Morgan fingerprint density at radius 3 is 2.63 bits per heavy atom. The van der Waals surface area contributed by atoms with Crippen LogP contribution in [-0.2, 0) is 14.4 Å². The van der Waals surface area contributed by atoms with Crippen molar-refractivity contribution < 1.29 is 19.2 Å². The van der Waals surface area contributed by atoms with Crippen molar-refractivity contribution in [3.63, 3.8) is 0 Å². The minimum absolute atomic E-state index is 0.0106. The van der Waals surface area contributed by atoms with Crippen LogP contribution in [0.25, 0.3) is 10.8 Å². The van der Waals surface area contributed by atoms with Crippen molar-refractivity contribution in [2.45, 2.75) is 6.10 Å². The first-order valence-electron chi connectivity index (χ1n) is 8.34. The number of ketones is 1. The van der Waals surface area contributed by atoms with E-state index in [2.05, 4.69) is 5.16 Å². The highest BCUT2D eigenvalue weighted by atomic mass is 32.1. The number of carbonyl (C=O) groups excluding carboxylic acids is 3. The van der Waals surface area contributed by atoms with Gasteiger partial charge in [-0.3, -0.25) is 14.4 Å². The number of hydrogen-bond acceptors (Lipinski definition) is 6. The van der Waals surface area contributed by atoms with Gasteiger partial charge in [0.2, 0.25) is 17.8 Å². The first-order valence-corrected chi connectivity index (χ1v) is 9.22. The van der Waals surface area contributed by atoms with E-state index in [4.69, 9.17) is 4.84 Å². The molecule has 2 atom stereocenters. The number of anilines is 1. The number of rotatable bonds is 3. The molecule has 0 bridgehead atoms. The van der Waals surface area contributed by atoms with Crippen LogP contribution in [0.1, 0.15) is 9.67 Å². The van der Waals surface area contributed by atoms with Crippen LogP contribution < -0.4 is 4.90 Å². The van der Waals surface area contributed by atoms with Crippen LogP contribution in [-0.4, -0.2) is 29.4 Å². The molecular weight excluding hydrogens is 364 g/mol. The van der Waals surface area contributed by atoms with Gasteiger partial charge in [0.25, 0.3) is 5.91 Å². The summed E-state index contributed by atoms with van der Waals surface area (Å²) < 4.78 is 0. The number of thiophene rings is 1. The van der Waals surface area contributed by atoms with Crippen molar-refractivity contribution in [1.82, 2.24) is 0 Å². The molecule has 0 radical (unpaired) electrons. The maximum absolute atomic E-state index is 13.1. The summed E-state index contributed by atoms with van der Waals surface area (Å²) in [4.78, 5) is 45.5. The van der Waals surface area contributed by atoms with E-state index in [1.807, 2.05) is 30.3 Å². The zero-order valence-corrected chi connectivity index (χ0v) is 14.7. The molecule has 2 aliphatic rings. The molecule has 2 amide bonds. The van der Waals surface area contributed by atoms with E-state index in [0.717, 1.165) is 15.7 Å². The van der Waals surface area contributed by atoms with E-state index in [1.165, 1.54) is 11.3 Å². The van der Waals surface area contributed by atoms with Crippen LogP contribution in [0, 0.1) is 5.92 Å². The summed E-state index contributed by atoms with van der Waals surface area (Å²) in [6, 6.07) is 16.3. The van der Waals surface area contributed by atoms with E-state index in [1.54, 1.807) is 29.6 Å². The van der Waals surface area contributed by atoms with Gasteiger partial charge < -0.3 is 4.84 Å². The Bertz CT molecular complexity index is 1130. The van der Waals surface area contributed by atoms with E-state index in [9.17, 15) is 14.4 Å². The molecular formula is C20H12N2O4S. The highest BCUT2D eigenvalue weighted by molar-refractivity contribution is 7.13. The lowest BCUT2D eigenvalue weighted by atomic mass is 9.96. The Kier molecular flexibility index (Phi) is 3.45. The van der Waals surface area contributed by atoms with Crippen molar-refractivity contribution in [3.05, 3.63) is 64.9 Å². The van der Waals surface area contributed by atoms with Crippen LogP contribution in [0.2, 0.25) is 0 Å². The molecule has 0 N–H and O–H groups in total. The summed E-state index contributed by atoms with van der Waals surface area (Å²) >= 11 is 1.26. The lowest BCUT2D eigenvalue weighted by Crippen LogP contribution is -2.34. The van der Waals surface area contributed by atoms with E-state index < -0.39 is 23.8 Å². The normalized spacial score (nSPS) is 21.3. The molecule has 0 saturated carbocycles. The third-order valence-electron chi connectivity index (χ3n) is 4.80. The van der Waals surface area contributed by atoms with Gasteiger partial charge in [-0.05, 0) is 22.9 Å². The number of fused-ring (bicyclic) bond motifs is 2. The molecule has 7 heteroatoms. The standard InChI is InChI=1S/C20H12N2O4S/c23-17(14-9-4-10-27-14)16-15-18(26-21-16)20(25)22(19(15)24)13-8-3-6-11-5-1-2-7-12(11)13/h1-10,15,18H/t15-,18-/m1/s1. The second-order valence-electron chi connectivity index (χ2n) is 6.30. The van der Waals surface area contributed by atoms with Gasteiger partial charge in [0, 0.05) is 5.39 Å². The summed E-state index contributed by atoms with van der Waals surface area (Å²) in [6.07, 6.45) is -1.09. The zero-order chi connectivity index (χ0) is 18.5. The number of benzene rings is 2. The van der Waals surface area contributed by atoms with Gasteiger partial charge in [0.15, 0.2) is 0 Å². The van der Waals surface area contributed by atoms with Crippen molar-refractivity contribution in [3.8, 4) is 0 Å². The van der Waals surface area contributed by atoms with Gasteiger partial charge in [0.05, 0.1) is 10.6 Å². The van der Waals surface area contributed by atoms with E-state index in [0.29, 0.717) is 10.6 Å². The van der Waals surface area contributed by atoms with Gasteiger partial charge in [-0.15, -0.1) is 11.3 Å². The van der Waals surface area contributed by atoms with Gasteiger partial charge in [-0.2, -0.15) is 0 Å². The summed E-state index contributed by atoms with van der Waals surface area (Å²) in [5, 5.41) is 7.24. The topological polar surface area (TPSA) is 76.0 Å². The first kappa shape index (κ1) is 15.9. The fraction of sp³-hybridized carbons (Fsp3) is 0.100. The molecule has 1 saturated heterocycles. The molecule has 2 aromatic carbocycles. The molecule has 5 rings (SSSR count). The number of carbonyl (C=O) groups is 3. The molecule has 0 aliphatic carbocycles. The Balaban J connectivity index is 1.56. The number of oxime groups is 1. The maximum Gasteiger partial charge on any atom is 0.278 e. The number of Topliss-reactive ketones (excluding diaryl/α,β-unsaturated/α-hetero) is 1. The molecule has 0 unspecified atom stereocenters. The highest BCUT2D eigenvalue weighted by Crippen LogP contribution is 2.37. The third-order valence-corrected chi connectivity index (χ3v) is 5.67. The van der Waals surface area contributed by atoms with Crippen molar-refractivity contribution in [2.24, 2.45) is 11.1 Å². The second kappa shape index (κ2) is 5.85. The Morgan fingerprint density at radius 2 is 1.81 bits per heavy atom. The average Bonchev–Trinajstić information content (AvgIpc) is 3.41. The third kappa shape index (κ3) is 2.25. The molecule has 27 heavy (non-hydrogen) atoms. The molecule has 1 aromatic heterocycles. The Hall–Kier alpha value is -3.32. The molecule has 0 spiro atoms. The lowest BCUT2D eigenvalue weighted by molar-refractivity contribution is -0.126. The lowest BCUT2D eigenvalue weighted by Gasteiger charge is -2.17. The van der Waals surface area contributed by atoms with Crippen molar-refractivity contribution in [2.75, 3.05) is 4.90 Å². The summed E-state index contributed by atoms with van der Waals surface area (Å²) in [7, 11) is 0. The monoisotopic (exact) mass is 376 g/mol. The molecule has 6 nitrogen and oxygen atoms in total. The van der Waals surface area contributed by atoms with Crippen LogP contribution >= 0.6 is 11.3 Å². The smallest absolute Gasteiger partial charge is 0.278 e. The van der Waals surface area contributed by atoms with Crippen molar-refractivity contribution >= 4 is 51.1 Å². The number of imide groups is 1. The Morgan fingerprint density at radius 1 is 1.00 bits per heavy atom. The molecule has 1 fully saturated rings. The van der Waals surface area contributed by atoms with Crippen LogP contribution in [0.3, 0.4) is 0 Å². The number of nitrogens with zero attached hydrogens (tertiary/aromatic N) is 2. The maximum atomic E-state index is 13.1. The van der Waals surface area contributed by atoms with Gasteiger partial charge >= 0.3 is 0 Å². The quantitative estimate of drug-likeness (QED) is 0.520. The van der Waals surface area contributed by atoms with Gasteiger partial charge in [-0.25, -0.2) is 4.90 Å². The van der Waals surface area contributed by atoms with Gasteiger partial charge in [0.1, 0.15) is 11.6 Å². The SMILES string of the molecule is O=C(C1=NO[C@H]2C(=O)N(c3cccc4ccccc34)C(=O)[C@H]12)c1cccs1. The van der Waals surface area contributed by atoms with Crippen LogP contribution in [0.4, 0.5) is 5.69 Å². The van der Waals surface area contributed by atoms with Crippen molar-refractivity contribution in [1.29, 1.82) is 0 Å². The largest absolute Gasteiger partial charge is 0.381 e. The minimum Gasteiger partial charge on any atom is -0.381 e. The fourth-order valence-corrected chi connectivity index (χ4v) is 4.21. The average molecular weight is 376 g/mol. The van der Waals surface area contributed by atoms with E-state index >= 15 is 0 Å². The summed E-state index contributed by atoms with van der Waals surface area (Å²) in [5.74, 6) is -2.37.